The molecule has 1 fully saturated rings. The second-order valence-corrected chi connectivity index (χ2v) is 5.00. The number of rotatable bonds is 3. The van der Waals surface area contributed by atoms with Crippen molar-refractivity contribution in [2.75, 3.05) is 27.2 Å². The van der Waals surface area contributed by atoms with E-state index in [1.54, 1.807) is 11.8 Å². The van der Waals surface area contributed by atoms with Crippen LogP contribution < -0.4 is 5.73 Å². The average molecular weight is 242 g/mol. The van der Waals surface area contributed by atoms with Crippen molar-refractivity contribution in [3.05, 3.63) is 0 Å². The average Bonchev–Trinajstić information content (AvgIpc) is 2.68. The largest absolute Gasteiger partial charge is 0.409 e. The number of likely N-dealkylation sites (tertiary alicyclic amines) is 1. The number of hydrogen-bond acceptors (Lipinski definition) is 4. The molecule has 0 aromatic carbocycles. The zero-order valence-corrected chi connectivity index (χ0v) is 10.9. The summed E-state index contributed by atoms with van der Waals surface area (Å²) in [6.45, 7) is 5.22. The minimum Gasteiger partial charge on any atom is -0.409 e. The van der Waals surface area contributed by atoms with Crippen molar-refractivity contribution >= 4 is 11.7 Å². The molecule has 3 N–H and O–H groups in total. The maximum atomic E-state index is 12.1. The number of likely N-dealkylation sites (N-methyl/N-ethyl adjacent to an activating group) is 1. The van der Waals surface area contributed by atoms with Gasteiger partial charge >= 0.3 is 0 Å². The van der Waals surface area contributed by atoms with Crippen LogP contribution in [0.3, 0.4) is 0 Å². The molecule has 3 atom stereocenters. The van der Waals surface area contributed by atoms with Gasteiger partial charge in [-0.2, -0.15) is 0 Å². The number of hydrogen-bond donors (Lipinski definition) is 2. The number of nitrogens with zero attached hydrogens (tertiary/aromatic N) is 3. The van der Waals surface area contributed by atoms with Crippen LogP contribution in [0.25, 0.3) is 0 Å². The molecule has 1 heterocycles. The lowest BCUT2D eigenvalue weighted by atomic mass is 10.1. The number of carbonyl (C=O) groups is 1. The second kappa shape index (κ2) is 5.35. The molecule has 6 heteroatoms. The predicted molar refractivity (Wildman–Crippen MR) is 65.8 cm³/mol. The standard InChI is InChI=1S/C11H22N4O2/c1-7-5-15(6-9(7)14(3)4)11(16)8(2)10(12)13-17/h7-9,17H,5-6H2,1-4H3,(H2,12,13). The fourth-order valence-electron chi connectivity index (χ4n) is 2.29. The summed E-state index contributed by atoms with van der Waals surface area (Å²) in [7, 11) is 4.03. The summed E-state index contributed by atoms with van der Waals surface area (Å²) in [5.41, 5.74) is 5.46. The molecule has 3 unspecified atom stereocenters. The van der Waals surface area contributed by atoms with Crippen LogP contribution in [0, 0.1) is 11.8 Å². The van der Waals surface area contributed by atoms with E-state index >= 15 is 0 Å². The molecule has 1 saturated heterocycles. The first-order chi connectivity index (χ1) is 7.88. The molecule has 17 heavy (non-hydrogen) atoms. The van der Waals surface area contributed by atoms with Crippen LogP contribution in [-0.4, -0.2) is 60.0 Å². The van der Waals surface area contributed by atoms with Gasteiger partial charge in [-0.25, -0.2) is 0 Å². The van der Waals surface area contributed by atoms with Gasteiger partial charge in [-0.3, -0.25) is 4.79 Å². The highest BCUT2D eigenvalue weighted by Gasteiger charge is 2.35. The molecule has 1 aliphatic rings. The third kappa shape index (κ3) is 2.88. The first kappa shape index (κ1) is 13.8. The van der Waals surface area contributed by atoms with E-state index < -0.39 is 5.92 Å². The van der Waals surface area contributed by atoms with E-state index in [1.807, 2.05) is 14.1 Å². The third-order valence-electron chi connectivity index (χ3n) is 3.48. The Labute approximate surface area is 102 Å². The smallest absolute Gasteiger partial charge is 0.233 e. The molecule has 0 aliphatic carbocycles. The molecular formula is C11H22N4O2. The third-order valence-corrected chi connectivity index (χ3v) is 3.48. The summed E-state index contributed by atoms with van der Waals surface area (Å²) in [4.78, 5) is 16.0. The molecule has 0 radical (unpaired) electrons. The van der Waals surface area contributed by atoms with Crippen molar-refractivity contribution in [1.29, 1.82) is 0 Å². The fourth-order valence-corrected chi connectivity index (χ4v) is 2.29. The Kier molecular flexibility index (Phi) is 4.34. The van der Waals surface area contributed by atoms with Gasteiger partial charge in [-0.1, -0.05) is 12.1 Å². The number of nitrogens with two attached hydrogens (primary N) is 1. The molecule has 0 spiro atoms. The molecule has 1 amide bonds. The van der Waals surface area contributed by atoms with Crippen LogP contribution in [0.15, 0.2) is 5.16 Å². The van der Waals surface area contributed by atoms with Crippen molar-refractivity contribution in [3.63, 3.8) is 0 Å². The lowest BCUT2D eigenvalue weighted by Gasteiger charge is -2.23. The maximum absolute atomic E-state index is 12.1. The zero-order valence-electron chi connectivity index (χ0n) is 10.9. The van der Waals surface area contributed by atoms with Gasteiger partial charge in [0.2, 0.25) is 5.91 Å². The monoisotopic (exact) mass is 242 g/mol. The van der Waals surface area contributed by atoms with Crippen LogP contribution >= 0.6 is 0 Å². The maximum Gasteiger partial charge on any atom is 0.233 e. The van der Waals surface area contributed by atoms with Gasteiger partial charge in [0, 0.05) is 19.1 Å². The topological polar surface area (TPSA) is 82.2 Å². The van der Waals surface area contributed by atoms with E-state index in [0.29, 0.717) is 18.5 Å². The Balaban J connectivity index is 2.68. The minimum atomic E-state index is -0.562. The first-order valence-electron chi connectivity index (χ1n) is 5.81. The highest BCUT2D eigenvalue weighted by molar-refractivity contribution is 6.01. The van der Waals surface area contributed by atoms with Crippen molar-refractivity contribution in [3.8, 4) is 0 Å². The van der Waals surface area contributed by atoms with Gasteiger partial charge in [0.15, 0.2) is 5.84 Å². The molecule has 0 aromatic rings. The van der Waals surface area contributed by atoms with E-state index in [-0.39, 0.29) is 11.7 Å². The quantitative estimate of drug-likeness (QED) is 0.310. The van der Waals surface area contributed by atoms with Gasteiger partial charge < -0.3 is 20.7 Å². The Morgan fingerprint density at radius 1 is 1.53 bits per heavy atom. The van der Waals surface area contributed by atoms with Crippen LogP contribution in [-0.2, 0) is 4.79 Å². The Morgan fingerprint density at radius 2 is 2.12 bits per heavy atom. The van der Waals surface area contributed by atoms with Gasteiger partial charge in [-0.15, -0.1) is 0 Å². The van der Waals surface area contributed by atoms with Gasteiger partial charge in [0.25, 0.3) is 0 Å². The molecule has 0 saturated carbocycles. The summed E-state index contributed by atoms with van der Waals surface area (Å²) < 4.78 is 0. The second-order valence-electron chi connectivity index (χ2n) is 5.00. The molecule has 0 bridgehead atoms. The van der Waals surface area contributed by atoms with Crippen LogP contribution in [0.1, 0.15) is 13.8 Å². The number of amidine groups is 1. The molecule has 1 aliphatic heterocycles. The predicted octanol–water partition coefficient (Wildman–Crippen LogP) is -0.223. The van der Waals surface area contributed by atoms with Crippen molar-refractivity contribution in [2.45, 2.75) is 19.9 Å². The summed E-state index contributed by atoms with van der Waals surface area (Å²) in [6.07, 6.45) is 0. The van der Waals surface area contributed by atoms with E-state index in [0.717, 1.165) is 6.54 Å². The normalized spacial score (nSPS) is 27.6. The van der Waals surface area contributed by atoms with E-state index in [2.05, 4.69) is 17.0 Å². The van der Waals surface area contributed by atoms with Crippen molar-refractivity contribution in [2.24, 2.45) is 22.7 Å². The van der Waals surface area contributed by atoms with Crippen molar-refractivity contribution in [1.82, 2.24) is 9.80 Å². The Morgan fingerprint density at radius 3 is 2.53 bits per heavy atom. The highest BCUT2D eigenvalue weighted by atomic mass is 16.4. The molecule has 0 aromatic heterocycles. The SMILES string of the molecule is CC(C(=O)N1CC(C)C(N(C)C)C1)C(N)=NO. The zero-order chi connectivity index (χ0) is 13.2. The minimum absolute atomic E-state index is 0.0315. The lowest BCUT2D eigenvalue weighted by Crippen LogP contribution is -2.41. The van der Waals surface area contributed by atoms with Gasteiger partial charge in [0.1, 0.15) is 0 Å². The van der Waals surface area contributed by atoms with Gasteiger partial charge in [-0.05, 0) is 26.9 Å². The highest BCUT2D eigenvalue weighted by Crippen LogP contribution is 2.21. The summed E-state index contributed by atoms with van der Waals surface area (Å²) in [5, 5.41) is 11.5. The Bertz CT molecular complexity index is 317. The first-order valence-corrected chi connectivity index (χ1v) is 5.81. The van der Waals surface area contributed by atoms with Crippen LogP contribution in [0.4, 0.5) is 0 Å². The number of oxime groups is 1. The number of carbonyl (C=O) groups excluding carboxylic acids is 1. The van der Waals surface area contributed by atoms with Gasteiger partial charge in [0.05, 0.1) is 5.92 Å². The Hall–Kier alpha value is -1.30. The van der Waals surface area contributed by atoms with E-state index in [4.69, 9.17) is 10.9 Å². The fraction of sp³-hybridized carbons (Fsp3) is 0.818. The summed E-state index contributed by atoms with van der Waals surface area (Å²) >= 11 is 0. The van der Waals surface area contributed by atoms with Crippen LogP contribution in [0.2, 0.25) is 0 Å². The van der Waals surface area contributed by atoms with Crippen molar-refractivity contribution < 1.29 is 10.0 Å². The molecule has 1 rings (SSSR count). The summed E-state index contributed by atoms with van der Waals surface area (Å²) in [5.74, 6) is -0.228. The summed E-state index contributed by atoms with van der Waals surface area (Å²) in [6, 6.07) is 0.374. The van der Waals surface area contributed by atoms with E-state index in [9.17, 15) is 4.79 Å². The lowest BCUT2D eigenvalue weighted by molar-refractivity contribution is -0.132. The molecular weight excluding hydrogens is 220 g/mol. The molecule has 98 valence electrons. The van der Waals surface area contributed by atoms with E-state index in [1.165, 1.54) is 0 Å². The molecule has 6 nitrogen and oxygen atoms in total. The number of amides is 1. The van der Waals surface area contributed by atoms with Crippen LogP contribution in [0.5, 0.6) is 0 Å².